The molecule has 0 atom stereocenters. The average Bonchev–Trinajstić information content (AvgIpc) is 2.58. The lowest BCUT2D eigenvalue weighted by atomic mass is 10.1. The molecule has 0 saturated heterocycles. The van der Waals surface area contributed by atoms with Crippen LogP contribution in [0, 0.1) is 11.6 Å². The number of halogens is 2. The SMILES string of the molecule is Cn1cc(-c2cc(N)cc(F)c2F)cn1. The van der Waals surface area contributed by atoms with Gasteiger partial charge in [0.15, 0.2) is 11.6 Å². The van der Waals surface area contributed by atoms with Crippen LogP contribution in [0.2, 0.25) is 0 Å². The van der Waals surface area contributed by atoms with E-state index in [1.807, 2.05) is 0 Å². The summed E-state index contributed by atoms with van der Waals surface area (Å²) in [5, 5.41) is 3.88. The van der Waals surface area contributed by atoms with Gasteiger partial charge in [0.05, 0.1) is 6.20 Å². The third kappa shape index (κ3) is 1.68. The summed E-state index contributed by atoms with van der Waals surface area (Å²) in [6.45, 7) is 0. The highest BCUT2D eigenvalue weighted by Crippen LogP contribution is 2.26. The Morgan fingerprint density at radius 1 is 1.33 bits per heavy atom. The topological polar surface area (TPSA) is 43.8 Å². The maximum absolute atomic E-state index is 13.4. The van der Waals surface area contributed by atoms with Crippen LogP contribution < -0.4 is 5.73 Å². The first-order valence-corrected chi connectivity index (χ1v) is 4.31. The highest BCUT2D eigenvalue weighted by Gasteiger charge is 2.12. The minimum atomic E-state index is -0.950. The molecule has 0 bridgehead atoms. The quantitative estimate of drug-likeness (QED) is 0.729. The van der Waals surface area contributed by atoms with Crippen molar-refractivity contribution in [3.63, 3.8) is 0 Å². The molecule has 2 aromatic rings. The molecule has 2 N–H and O–H groups in total. The molecule has 5 heteroatoms. The summed E-state index contributed by atoms with van der Waals surface area (Å²) in [5.74, 6) is -1.86. The minimum Gasteiger partial charge on any atom is -0.399 e. The number of rotatable bonds is 1. The molecular formula is C10H9F2N3. The van der Waals surface area contributed by atoms with Crippen LogP contribution in [0.25, 0.3) is 11.1 Å². The van der Waals surface area contributed by atoms with E-state index in [1.165, 1.54) is 16.9 Å². The maximum atomic E-state index is 13.4. The van der Waals surface area contributed by atoms with Crippen LogP contribution in [0.5, 0.6) is 0 Å². The molecule has 0 amide bonds. The standard InChI is InChI=1S/C10H9F2N3/c1-15-5-6(4-14-15)8-2-7(13)3-9(11)10(8)12/h2-5H,13H2,1H3. The van der Waals surface area contributed by atoms with Crippen LogP contribution in [-0.4, -0.2) is 9.78 Å². The second-order valence-electron chi connectivity index (χ2n) is 3.27. The Balaban J connectivity index is 2.62. The molecule has 0 unspecified atom stereocenters. The zero-order chi connectivity index (χ0) is 11.0. The van der Waals surface area contributed by atoms with Crippen LogP contribution in [0.15, 0.2) is 24.5 Å². The number of nitrogens with two attached hydrogens (primary N) is 1. The number of anilines is 1. The highest BCUT2D eigenvalue weighted by molar-refractivity contribution is 5.67. The van der Waals surface area contributed by atoms with Gasteiger partial charge in [0.2, 0.25) is 0 Å². The Bertz CT molecular complexity index is 505. The number of hydrogen-bond acceptors (Lipinski definition) is 2. The lowest BCUT2D eigenvalue weighted by molar-refractivity contribution is 0.512. The zero-order valence-corrected chi connectivity index (χ0v) is 8.04. The molecule has 0 radical (unpaired) electrons. The van der Waals surface area contributed by atoms with Crippen molar-refractivity contribution in [1.82, 2.24) is 9.78 Å². The molecule has 15 heavy (non-hydrogen) atoms. The van der Waals surface area contributed by atoms with Crippen LogP contribution in [0.4, 0.5) is 14.5 Å². The smallest absolute Gasteiger partial charge is 0.166 e. The molecule has 1 aromatic heterocycles. The molecule has 1 heterocycles. The van der Waals surface area contributed by atoms with Gasteiger partial charge in [0.25, 0.3) is 0 Å². The second-order valence-corrected chi connectivity index (χ2v) is 3.27. The summed E-state index contributed by atoms with van der Waals surface area (Å²) in [6, 6.07) is 2.34. The van der Waals surface area contributed by atoms with Crippen molar-refractivity contribution in [3.05, 3.63) is 36.2 Å². The molecule has 2 rings (SSSR count). The van der Waals surface area contributed by atoms with E-state index >= 15 is 0 Å². The molecule has 0 aliphatic rings. The van der Waals surface area contributed by atoms with Crippen LogP contribution >= 0.6 is 0 Å². The van der Waals surface area contributed by atoms with E-state index < -0.39 is 11.6 Å². The van der Waals surface area contributed by atoms with Crippen molar-refractivity contribution in [2.45, 2.75) is 0 Å². The van der Waals surface area contributed by atoms with E-state index in [-0.39, 0.29) is 11.3 Å². The fraction of sp³-hybridized carbons (Fsp3) is 0.100. The normalized spacial score (nSPS) is 10.6. The first kappa shape index (κ1) is 9.64. The van der Waals surface area contributed by atoms with E-state index in [0.717, 1.165) is 6.07 Å². The largest absolute Gasteiger partial charge is 0.399 e. The van der Waals surface area contributed by atoms with Gasteiger partial charge in [0, 0.05) is 30.1 Å². The number of hydrogen-bond donors (Lipinski definition) is 1. The Morgan fingerprint density at radius 3 is 2.67 bits per heavy atom. The molecule has 0 aliphatic carbocycles. The van der Waals surface area contributed by atoms with Crippen molar-refractivity contribution in [3.8, 4) is 11.1 Å². The van der Waals surface area contributed by atoms with Gasteiger partial charge >= 0.3 is 0 Å². The number of aromatic nitrogens is 2. The Labute approximate surface area is 85.1 Å². The van der Waals surface area contributed by atoms with Gasteiger partial charge in [-0.1, -0.05) is 0 Å². The van der Waals surface area contributed by atoms with Crippen molar-refractivity contribution in [2.24, 2.45) is 7.05 Å². The van der Waals surface area contributed by atoms with Crippen LogP contribution in [-0.2, 0) is 7.05 Å². The van der Waals surface area contributed by atoms with Gasteiger partial charge in [-0.15, -0.1) is 0 Å². The van der Waals surface area contributed by atoms with Crippen LogP contribution in [0.1, 0.15) is 0 Å². The monoisotopic (exact) mass is 209 g/mol. The average molecular weight is 209 g/mol. The van der Waals surface area contributed by atoms with Gasteiger partial charge in [-0.05, 0) is 12.1 Å². The first-order chi connectivity index (χ1) is 7.08. The number of nitrogens with zero attached hydrogens (tertiary/aromatic N) is 2. The predicted molar refractivity (Wildman–Crippen MR) is 53.0 cm³/mol. The van der Waals surface area contributed by atoms with Crippen molar-refractivity contribution < 1.29 is 8.78 Å². The summed E-state index contributed by atoms with van der Waals surface area (Å²) in [4.78, 5) is 0. The van der Waals surface area contributed by atoms with Crippen LogP contribution in [0.3, 0.4) is 0 Å². The Kier molecular flexibility index (Phi) is 2.15. The molecule has 0 aliphatic heterocycles. The van der Waals surface area contributed by atoms with E-state index in [0.29, 0.717) is 5.56 Å². The van der Waals surface area contributed by atoms with Gasteiger partial charge < -0.3 is 5.73 Å². The molecule has 0 fully saturated rings. The minimum absolute atomic E-state index is 0.126. The van der Waals surface area contributed by atoms with Gasteiger partial charge in [-0.2, -0.15) is 5.10 Å². The lowest BCUT2D eigenvalue weighted by Gasteiger charge is -2.02. The van der Waals surface area contributed by atoms with E-state index in [2.05, 4.69) is 5.10 Å². The predicted octanol–water partition coefficient (Wildman–Crippen LogP) is 1.95. The van der Waals surface area contributed by atoms with Crippen molar-refractivity contribution in [2.75, 3.05) is 5.73 Å². The van der Waals surface area contributed by atoms with E-state index in [4.69, 9.17) is 5.73 Å². The Morgan fingerprint density at radius 2 is 2.07 bits per heavy atom. The first-order valence-electron chi connectivity index (χ1n) is 4.31. The van der Waals surface area contributed by atoms with Gasteiger partial charge in [-0.3, -0.25) is 4.68 Å². The number of nitrogen functional groups attached to an aromatic ring is 1. The third-order valence-electron chi connectivity index (χ3n) is 2.07. The highest BCUT2D eigenvalue weighted by atomic mass is 19.2. The number of aryl methyl sites for hydroxylation is 1. The fourth-order valence-corrected chi connectivity index (χ4v) is 1.38. The third-order valence-corrected chi connectivity index (χ3v) is 2.07. The van der Waals surface area contributed by atoms with E-state index in [9.17, 15) is 8.78 Å². The van der Waals surface area contributed by atoms with Crippen molar-refractivity contribution in [1.29, 1.82) is 0 Å². The molecule has 0 spiro atoms. The summed E-state index contributed by atoms with van der Waals surface area (Å²) >= 11 is 0. The lowest BCUT2D eigenvalue weighted by Crippen LogP contribution is -1.93. The molecule has 3 nitrogen and oxygen atoms in total. The van der Waals surface area contributed by atoms with Gasteiger partial charge in [-0.25, -0.2) is 8.78 Å². The number of benzene rings is 1. The van der Waals surface area contributed by atoms with Crippen molar-refractivity contribution >= 4 is 5.69 Å². The summed E-state index contributed by atoms with van der Waals surface area (Å²) in [5.41, 5.74) is 6.25. The summed E-state index contributed by atoms with van der Waals surface area (Å²) in [6.07, 6.45) is 3.05. The fourth-order valence-electron chi connectivity index (χ4n) is 1.38. The maximum Gasteiger partial charge on any atom is 0.166 e. The molecular weight excluding hydrogens is 200 g/mol. The molecule has 78 valence electrons. The molecule has 0 saturated carbocycles. The summed E-state index contributed by atoms with van der Waals surface area (Å²) < 4.78 is 28.0. The molecule has 1 aromatic carbocycles. The summed E-state index contributed by atoms with van der Waals surface area (Å²) in [7, 11) is 1.70. The van der Waals surface area contributed by atoms with E-state index in [1.54, 1.807) is 13.2 Å². The second kappa shape index (κ2) is 3.34. The van der Waals surface area contributed by atoms with Gasteiger partial charge in [0.1, 0.15) is 0 Å². The Hall–Kier alpha value is -1.91. The zero-order valence-electron chi connectivity index (χ0n) is 8.04.